The Kier molecular flexibility index (Phi) is 12.7. The third kappa shape index (κ3) is 9.35. The minimum absolute atomic E-state index is 0.0364. The third-order valence-electron chi connectivity index (χ3n) is 7.91. The van der Waals surface area contributed by atoms with Gasteiger partial charge in [0.15, 0.2) is 11.5 Å². The monoisotopic (exact) mass is 701 g/mol. The van der Waals surface area contributed by atoms with Crippen LogP contribution in [0.15, 0.2) is 73.2 Å². The number of anilines is 2. The van der Waals surface area contributed by atoms with E-state index in [1.54, 1.807) is 27.3 Å². The van der Waals surface area contributed by atoms with E-state index in [0.29, 0.717) is 35.1 Å². The highest BCUT2D eigenvalue weighted by atomic mass is 35.5. The van der Waals surface area contributed by atoms with E-state index in [1.807, 2.05) is 31.3 Å². The molecule has 0 atom stereocenters. The molecule has 1 fully saturated rings. The van der Waals surface area contributed by atoms with Gasteiger partial charge in [-0.3, -0.25) is 14.7 Å². The number of methoxy groups -OCH3 is 1. The molecule has 6 aromatic rings. The minimum atomic E-state index is -0.475. The molecule has 0 bridgehead atoms. The first-order valence-corrected chi connectivity index (χ1v) is 16.6. The number of benzene rings is 3. The number of morpholine rings is 1. The van der Waals surface area contributed by atoms with Gasteiger partial charge in [0.25, 0.3) is 0 Å². The fourth-order valence-electron chi connectivity index (χ4n) is 5.35. The Morgan fingerprint density at radius 1 is 1.02 bits per heavy atom. The second-order valence-electron chi connectivity index (χ2n) is 11.7. The molecular formula is C37H41ClFN7O4. The smallest absolute Gasteiger partial charge is 0.209 e. The summed E-state index contributed by atoms with van der Waals surface area (Å²) < 4.78 is 30.4. The van der Waals surface area contributed by atoms with Crippen molar-refractivity contribution in [3.8, 4) is 11.5 Å². The summed E-state index contributed by atoms with van der Waals surface area (Å²) in [4.78, 5) is 29.6. The number of nitrogens with zero attached hydrogens (tertiary/aromatic N) is 5. The lowest BCUT2D eigenvalue weighted by Gasteiger charge is -2.26. The Labute approximate surface area is 295 Å². The molecular weight excluding hydrogens is 661 g/mol. The van der Waals surface area contributed by atoms with Crippen molar-refractivity contribution in [2.24, 2.45) is 0 Å². The fraction of sp³-hybridized carbons (Fsp3) is 0.297. The molecule has 3 aromatic carbocycles. The molecule has 0 aliphatic carbocycles. The number of fused-ring (bicyclic) bond motifs is 4. The topological polar surface area (TPSA) is 118 Å². The molecule has 7 rings (SSSR count). The molecule has 1 amide bonds. The predicted octanol–water partition coefficient (Wildman–Crippen LogP) is 7.00. The van der Waals surface area contributed by atoms with Gasteiger partial charge in [-0.25, -0.2) is 14.4 Å². The standard InChI is InChI=1S/C22H24ClFN4O3.C12H10N2.C3H7NO/c1-29-20-13-19-16(12-21(20)31-8-2-5-28-6-9-30-10-7-28)22(26-14-25-19)27-15-3-4-18(24)17(23)11-15;1-8-12-10(6-7-13-8)9-4-2-3-5-11(9)14-12;1-4(2)3-5/h3-4,11-14H,2,5-10H2,1H3,(H,25,26,27);2-7,14H,1H3;3H,1-2H3. The van der Waals surface area contributed by atoms with Crippen LogP contribution in [-0.2, 0) is 9.53 Å². The van der Waals surface area contributed by atoms with Crippen molar-refractivity contribution >= 4 is 62.2 Å². The van der Waals surface area contributed by atoms with E-state index < -0.39 is 5.82 Å². The van der Waals surface area contributed by atoms with Crippen LogP contribution >= 0.6 is 11.6 Å². The van der Waals surface area contributed by atoms with Crippen molar-refractivity contribution < 1.29 is 23.4 Å². The molecule has 1 aliphatic rings. The van der Waals surface area contributed by atoms with Crippen molar-refractivity contribution in [3.05, 3.63) is 89.7 Å². The summed E-state index contributed by atoms with van der Waals surface area (Å²) in [5.74, 6) is 1.31. The number of aryl methyl sites for hydroxylation is 1. The van der Waals surface area contributed by atoms with E-state index in [0.717, 1.165) is 62.3 Å². The fourth-order valence-corrected chi connectivity index (χ4v) is 5.53. The number of para-hydroxylation sites is 1. The Bertz CT molecular complexity index is 2040. The number of nitrogens with one attached hydrogen (secondary N) is 2. The summed E-state index contributed by atoms with van der Waals surface area (Å²) in [6.45, 7) is 7.03. The van der Waals surface area contributed by atoms with Gasteiger partial charge in [-0.2, -0.15) is 0 Å². The number of halogens is 2. The van der Waals surface area contributed by atoms with Crippen LogP contribution in [0.25, 0.3) is 32.7 Å². The highest BCUT2D eigenvalue weighted by molar-refractivity contribution is 6.31. The van der Waals surface area contributed by atoms with Gasteiger partial charge in [-0.15, -0.1) is 0 Å². The largest absolute Gasteiger partial charge is 0.493 e. The molecule has 2 N–H and O–H groups in total. The molecule has 3 aromatic heterocycles. The van der Waals surface area contributed by atoms with E-state index in [2.05, 4.69) is 54.4 Å². The first-order valence-electron chi connectivity index (χ1n) is 16.2. The third-order valence-corrected chi connectivity index (χ3v) is 8.20. The van der Waals surface area contributed by atoms with Crippen LogP contribution in [0.5, 0.6) is 11.5 Å². The van der Waals surface area contributed by atoms with Crippen molar-refractivity contribution in [3.63, 3.8) is 0 Å². The molecule has 13 heteroatoms. The number of ether oxygens (including phenoxy) is 3. The molecule has 11 nitrogen and oxygen atoms in total. The van der Waals surface area contributed by atoms with Crippen molar-refractivity contribution in [1.82, 2.24) is 29.7 Å². The summed E-state index contributed by atoms with van der Waals surface area (Å²) in [5, 5.41) is 6.49. The van der Waals surface area contributed by atoms with Crippen LogP contribution in [0.3, 0.4) is 0 Å². The molecule has 0 spiro atoms. The SMILES string of the molecule is CN(C)C=O.COc1cc2ncnc(Nc3ccc(F)c(Cl)c3)c2cc1OCCCN1CCOCC1.Cc1nccc2c1[nH]c1ccccc12. The van der Waals surface area contributed by atoms with E-state index in [-0.39, 0.29) is 5.02 Å². The maximum Gasteiger partial charge on any atom is 0.209 e. The van der Waals surface area contributed by atoms with Crippen LogP contribution in [0.4, 0.5) is 15.9 Å². The molecule has 262 valence electrons. The number of H-pyrrole nitrogens is 1. The average molecular weight is 702 g/mol. The zero-order valence-electron chi connectivity index (χ0n) is 28.6. The maximum atomic E-state index is 13.5. The van der Waals surface area contributed by atoms with Gasteiger partial charge in [0, 0.05) is 73.4 Å². The number of hydrogen-bond donors (Lipinski definition) is 2. The lowest BCUT2D eigenvalue weighted by atomic mass is 10.2. The molecule has 4 heterocycles. The first-order chi connectivity index (χ1) is 24.3. The number of rotatable bonds is 9. The van der Waals surface area contributed by atoms with Gasteiger partial charge in [0.2, 0.25) is 6.41 Å². The summed E-state index contributed by atoms with van der Waals surface area (Å²) in [6.07, 6.45) is 4.96. The highest BCUT2D eigenvalue weighted by Gasteiger charge is 2.14. The number of pyridine rings is 1. The van der Waals surface area contributed by atoms with E-state index in [4.69, 9.17) is 25.8 Å². The lowest BCUT2D eigenvalue weighted by molar-refractivity contribution is -0.115. The van der Waals surface area contributed by atoms with Gasteiger partial charge in [-0.1, -0.05) is 29.8 Å². The normalized spacial score (nSPS) is 12.8. The van der Waals surface area contributed by atoms with Crippen LogP contribution in [-0.4, -0.2) is 96.8 Å². The van der Waals surface area contributed by atoms with E-state index in [1.165, 1.54) is 39.6 Å². The Hall–Kier alpha value is -5.04. The van der Waals surface area contributed by atoms with Gasteiger partial charge < -0.3 is 29.4 Å². The second-order valence-corrected chi connectivity index (χ2v) is 12.1. The van der Waals surface area contributed by atoms with Crippen molar-refractivity contribution in [2.75, 3.05) is 66.0 Å². The van der Waals surface area contributed by atoms with Crippen LogP contribution in [0.2, 0.25) is 5.02 Å². The Balaban J connectivity index is 0.000000209. The number of hydrogen-bond acceptors (Lipinski definition) is 9. The highest BCUT2D eigenvalue weighted by Crippen LogP contribution is 2.35. The van der Waals surface area contributed by atoms with Gasteiger partial charge in [-0.05, 0) is 49.7 Å². The number of carbonyl (C=O) groups excluding carboxylic acids is 1. The lowest BCUT2D eigenvalue weighted by Crippen LogP contribution is -2.37. The number of carbonyl (C=O) groups is 1. The minimum Gasteiger partial charge on any atom is -0.493 e. The zero-order chi connectivity index (χ0) is 35.5. The maximum absolute atomic E-state index is 13.5. The molecule has 1 saturated heterocycles. The Morgan fingerprint density at radius 2 is 1.80 bits per heavy atom. The van der Waals surface area contributed by atoms with Crippen molar-refractivity contribution in [1.29, 1.82) is 0 Å². The Morgan fingerprint density at radius 3 is 2.54 bits per heavy atom. The van der Waals surface area contributed by atoms with Gasteiger partial charge in [0.1, 0.15) is 18.0 Å². The molecule has 0 radical (unpaired) electrons. The summed E-state index contributed by atoms with van der Waals surface area (Å²) in [6, 6.07) is 18.5. The van der Waals surface area contributed by atoms with Crippen molar-refractivity contribution in [2.45, 2.75) is 13.3 Å². The number of aromatic amines is 1. The first kappa shape index (κ1) is 36.2. The quantitative estimate of drug-likeness (QED) is 0.121. The summed E-state index contributed by atoms with van der Waals surface area (Å²) in [7, 11) is 4.97. The average Bonchev–Trinajstić information content (AvgIpc) is 3.53. The molecule has 1 aliphatic heterocycles. The molecule has 0 saturated carbocycles. The summed E-state index contributed by atoms with van der Waals surface area (Å²) >= 11 is 5.90. The summed E-state index contributed by atoms with van der Waals surface area (Å²) in [5.41, 5.74) is 4.70. The zero-order valence-corrected chi connectivity index (χ0v) is 29.3. The van der Waals surface area contributed by atoms with Crippen LogP contribution in [0, 0.1) is 12.7 Å². The van der Waals surface area contributed by atoms with Gasteiger partial charge in [0.05, 0.1) is 48.7 Å². The van der Waals surface area contributed by atoms with Crippen LogP contribution < -0.4 is 14.8 Å². The van der Waals surface area contributed by atoms with E-state index >= 15 is 0 Å². The molecule has 50 heavy (non-hydrogen) atoms. The number of amides is 1. The van der Waals surface area contributed by atoms with Crippen LogP contribution in [0.1, 0.15) is 12.1 Å². The molecule has 0 unspecified atom stereocenters. The van der Waals surface area contributed by atoms with E-state index in [9.17, 15) is 9.18 Å². The predicted molar refractivity (Wildman–Crippen MR) is 196 cm³/mol. The van der Waals surface area contributed by atoms with Gasteiger partial charge >= 0.3 is 0 Å². The second kappa shape index (κ2) is 17.6. The number of aromatic nitrogens is 4.